The van der Waals surface area contributed by atoms with Crippen molar-refractivity contribution in [3.05, 3.63) is 42.2 Å². The fraction of sp³-hybridized carbons (Fsp3) is 0.348. The highest BCUT2D eigenvalue weighted by Crippen LogP contribution is 2.36. The summed E-state index contributed by atoms with van der Waals surface area (Å²) in [6, 6.07) is 9.47. The maximum atomic E-state index is 11.8. The van der Waals surface area contributed by atoms with E-state index in [2.05, 4.69) is 20.8 Å². The third-order valence-electron chi connectivity index (χ3n) is 5.62. The minimum absolute atomic E-state index is 0.146. The van der Waals surface area contributed by atoms with Gasteiger partial charge in [-0.15, -0.1) is 0 Å². The zero-order valence-corrected chi connectivity index (χ0v) is 19.9. The number of hydrogen-bond donors (Lipinski definition) is 2. The van der Waals surface area contributed by atoms with Gasteiger partial charge in [0.1, 0.15) is 17.4 Å². The lowest BCUT2D eigenvalue weighted by atomic mass is 9.99. The summed E-state index contributed by atoms with van der Waals surface area (Å²) in [4.78, 5) is 10.7. The fourth-order valence-corrected chi connectivity index (χ4v) is 4.59. The number of anilines is 2. The smallest absolute Gasteiger partial charge is 0.238 e. The fourth-order valence-electron chi connectivity index (χ4n) is 4.04. The maximum Gasteiger partial charge on any atom is 0.238 e. The first-order valence-electron chi connectivity index (χ1n) is 10.5. The van der Waals surface area contributed by atoms with Crippen molar-refractivity contribution in [1.82, 2.24) is 9.97 Å². The van der Waals surface area contributed by atoms with Gasteiger partial charge < -0.3 is 19.5 Å². The number of nitriles is 1. The average Bonchev–Trinajstić information content (AvgIpc) is 2.82. The molecule has 0 radical (unpaired) electrons. The Labute approximate surface area is 197 Å². The van der Waals surface area contributed by atoms with E-state index >= 15 is 0 Å². The summed E-state index contributed by atoms with van der Waals surface area (Å²) in [5, 5.41) is 20.4. The van der Waals surface area contributed by atoms with Gasteiger partial charge in [-0.2, -0.15) is 5.26 Å². The lowest BCUT2D eigenvalue weighted by molar-refractivity contribution is -0.0742. The Morgan fingerprint density at radius 3 is 2.76 bits per heavy atom. The molecule has 1 aromatic carbocycles. The Morgan fingerprint density at radius 2 is 2.09 bits per heavy atom. The van der Waals surface area contributed by atoms with Crippen molar-refractivity contribution in [3.63, 3.8) is 0 Å². The van der Waals surface area contributed by atoms with Crippen molar-refractivity contribution >= 4 is 32.3 Å². The topological polar surface area (TPSA) is 138 Å². The predicted molar refractivity (Wildman–Crippen MR) is 128 cm³/mol. The van der Waals surface area contributed by atoms with Gasteiger partial charge in [-0.1, -0.05) is 6.07 Å². The first-order valence-corrected chi connectivity index (χ1v) is 12.4. The van der Waals surface area contributed by atoms with Crippen molar-refractivity contribution in [3.8, 4) is 23.1 Å². The molecule has 34 heavy (non-hydrogen) atoms. The first kappa shape index (κ1) is 23.7. The number of rotatable bonds is 6. The number of ether oxygens (including phenoxy) is 2. The van der Waals surface area contributed by atoms with E-state index in [1.807, 2.05) is 30.0 Å². The van der Waals surface area contributed by atoms with Gasteiger partial charge in [0.15, 0.2) is 0 Å². The van der Waals surface area contributed by atoms with E-state index in [1.54, 1.807) is 18.5 Å². The molecule has 2 N–H and O–H groups in total. The minimum atomic E-state index is -3.54. The largest absolute Gasteiger partial charge is 0.480 e. The van der Waals surface area contributed by atoms with E-state index in [0.717, 1.165) is 17.2 Å². The van der Waals surface area contributed by atoms with Crippen LogP contribution in [-0.4, -0.2) is 68.8 Å². The third-order valence-corrected chi connectivity index (χ3v) is 6.21. The molecule has 1 aliphatic heterocycles. The van der Waals surface area contributed by atoms with Crippen LogP contribution in [0.5, 0.6) is 5.88 Å². The zero-order chi connectivity index (χ0) is 24.5. The number of nitrogens with zero attached hydrogens (tertiary/aromatic N) is 4. The number of benzene rings is 1. The van der Waals surface area contributed by atoms with Crippen molar-refractivity contribution < 1.29 is 23.0 Å². The Balaban J connectivity index is 1.85. The Kier molecular flexibility index (Phi) is 6.31. The summed E-state index contributed by atoms with van der Waals surface area (Å²) >= 11 is 0. The summed E-state index contributed by atoms with van der Waals surface area (Å²) < 4.78 is 37.0. The van der Waals surface area contributed by atoms with Crippen LogP contribution in [0.2, 0.25) is 0 Å². The monoisotopic (exact) mass is 483 g/mol. The molecular weight excluding hydrogens is 458 g/mol. The third kappa shape index (κ3) is 4.75. The summed E-state index contributed by atoms with van der Waals surface area (Å²) in [6.07, 6.45) is 4.19. The Morgan fingerprint density at radius 1 is 1.29 bits per heavy atom. The van der Waals surface area contributed by atoms with Crippen LogP contribution in [-0.2, 0) is 14.8 Å². The molecule has 3 aromatic rings. The normalized spacial score (nSPS) is 18.5. The zero-order valence-electron chi connectivity index (χ0n) is 19.1. The summed E-state index contributed by atoms with van der Waals surface area (Å²) in [7, 11) is -2.13. The quantitative estimate of drug-likeness (QED) is 0.540. The van der Waals surface area contributed by atoms with Crippen molar-refractivity contribution in [2.24, 2.45) is 0 Å². The van der Waals surface area contributed by atoms with Gasteiger partial charge in [0, 0.05) is 36.4 Å². The molecule has 1 saturated heterocycles. The number of aliphatic hydroxyl groups is 1. The summed E-state index contributed by atoms with van der Waals surface area (Å²) in [5.41, 5.74) is 2.72. The number of sulfonamides is 1. The number of pyridine rings is 2. The lowest BCUT2D eigenvalue weighted by Gasteiger charge is -2.41. The lowest BCUT2D eigenvalue weighted by Crippen LogP contribution is -2.52. The van der Waals surface area contributed by atoms with Crippen LogP contribution in [0, 0.1) is 11.3 Å². The van der Waals surface area contributed by atoms with Gasteiger partial charge in [-0.3, -0.25) is 9.71 Å². The van der Waals surface area contributed by atoms with Gasteiger partial charge in [-0.25, -0.2) is 13.4 Å². The maximum absolute atomic E-state index is 11.8. The van der Waals surface area contributed by atoms with Gasteiger partial charge in [0.2, 0.25) is 15.9 Å². The first-order chi connectivity index (χ1) is 16.2. The van der Waals surface area contributed by atoms with Crippen LogP contribution >= 0.6 is 0 Å². The predicted octanol–water partition coefficient (Wildman–Crippen LogP) is 2.14. The summed E-state index contributed by atoms with van der Waals surface area (Å²) in [5.74, 6) is 0.153. The molecular formula is C23H25N5O5S. The highest BCUT2D eigenvalue weighted by Gasteiger charge is 2.33. The van der Waals surface area contributed by atoms with Crippen LogP contribution in [0.25, 0.3) is 22.0 Å². The Bertz CT molecular complexity index is 1390. The van der Waals surface area contributed by atoms with E-state index in [9.17, 15) is 18.8 Å². The summed E-state index contributed by atoms with van der Waals surface area (Å²) in [6.45, 7) is 3.06. The molecule has 0 bridgehead atoms. The number of nitrogens with one attached hydrogen (secondary N) is 1. The van der Waals surface area contributed by atoms with Crippen LogP contribution in [0.4, 0.5) is 11.4 Å². The van der Waals surface area contributed by atoms with Gasteiger partial charge >= 0.3 is 0 Å². The van der Waals surface area contributed by atoms with E-state index in [1.165, 1.54) is 7.11 Å². The molecule has 11 heteroatoms. The molecule has 4 rings (SSSR count). The van der Waals surface area contributed by atoms with Gasteiger partial charge in [0.05, 0.1) is 43.3 Å². The van der Waals surface area contributed by atoms with Gasteiger partial charge in [0.25, 0.3) is 0 Å². The van der Waals surface area contributed by atoms with E-state index in [0.29, 0.717) is 42.0 Å². The van der Waals surface area contributed by atoms with Crippen molar-refractivity contribution in [2.75, 3.05) is 49.3 Å². The van der Waals surface area contributed by atoms with Crippen molar-refractivity contribution in [1.29, 1.82) is 5.26 Å². The van der Waals surface area contributed by atoms with Crippen LogP contribution in [0.1, 0.15) is 12.5 Å². The number of aromatic nitrogens is 2. The number of fused-ring (bicyclic) bond motifs is 1. The van der Waals surface area contributed by atoms with Crippen LogP contribution < -0.4 is 14.4 Å². The molecule has 1 unspecified atom stereocenters. The molecule has 0 saturated carbocycles. The van der Waals surface area contributed by atoms with E-state index in [4.69, 9.17) is 9.47 Å². The number of morpholine rings is 1. The molecule has 10 nitrogen and oxygen atoms in total. The van der Waals surface area contributed by atoms with Crippen molar-refractivity contribution in [2.45, 2.75) is 12.5 Å². The molecule has 1 fully saturated rings. The number of hydrogen-bond acceptors (Lipinski definition) is 9. The highest BCUT2D eigenvalue weighted by molar-refractivity contribution is 7.92. The molecule has 3 heterocycles. The number of aliphatic hydroxyl groups excluding tert-OH is 1. The van der Waals surface area contributed by atoms with E-state index < -0.39 is 15.6 Å². The molecule has 0 spiro atoms. The van der Waals surface area contributed by atoms with Gasteiger partial charge in [-0.05, 0) is 30.7 Å². The highest BCUT2D eigenvalue weighted by atomic mass is 32.2. The van der Waals surface area contributed by atoms with Crippen LogP contribution in [0.3, 0.4) is 0 Å². The van der Waals surface area contributed by atoms with E-state index in [-0.39, 0.29) is 18.2 Å². The molecule has 0 aliphatic carbocycles. The SMILES string of the molecule is COc1ncc(-c2ccc3ncc(C#N)c(N4CCOC(C)(CO)C4)c3c2)cc1NS(C)(=O)=O. The molecule has 1 aliphatic rings. The van der Waals surface area contributed by atoms with Crippen LogP contribution in [0.15, 0.2) is 36.7 Å². The molecule has 2 aromatic heterocycles. The Hall–Kier alpha value is -3.46. The second-order valence-corrected chi connectivity index (χ2v) is 10.1. The standard InChI is InChI=1S/C23H25N5O5S/c1-23(14-29)13-28(6-7-33-23)21-17(10-24)12-25-19-5-4-15(8-18(19)21)16-9-20(27-34(3,30)31)22(32-2)26-11-16/h4-5,8-9,11-12,27,29H,6-7,13-14H2,1-3H3. The number of methoxy groups -OCH3 is 1. The average molecular weight is 484 g/mol. The second-order valence-electron chi connectivity index (χ2n) is 8.40. The molecule has 0 amide bonds. The second kappa shape index (κ2) is 9.06. The minimum Gasteiger partial charge on any atom is -0.480 e. The molecule has 178 valence electrons. The molecule has 1 atom stereocenters.